The van der Waals surface area contributed by atoms with Gasteiger partial charge in [0.15, 0.2) is 0 Å². The molecule has 2 N–H and O–H groups in total. The van der Waals surface area contributed by atoms with E-state index in [1.807, 2.05) is 31.3 Å². The monoisotopic (exact) mass is 302 g/mol. The lowest BCUT2D eigenvalue weighted by Gasteiger charge is -2.07. The normalized spacial score (nSPS) is 9.50. The van der Waals surface area contributed by atoms with E-state index in [9.17, 15) is 4.79 Å². The molecule has 1 aromatic carbocycles. The molecule has 1 rings (SSSR count). The molecule has 6 heteroatoms. The number of methoxy groups -OCH3 is 1. The summed E-state index contributed by atoms with van der Waals surface area (Å²) in [5, 5.41) is 5.87. The van der Waals surface area contributed by atoms with Gasteiger partial charge in [0.2, 0.25) is 5.91 Å². The fourth-order valence-electron chi connectivity index (χ4n) is 1.51. The second-order valence-corrected chi connectivity index (χ2v) is 4.08. The van der Waals surface area contributed by atoms with E-state index in [2.05, 4.69) is 10.6 Å². The van der Waals surface area contributed by atoms with Gasteiger partial charge >= 0.3 is 0 Å². The zero-order valence-corrected chi connectivity index (χ0v) is 12.8. The molecule has 0 unspecified atom stereocenters. The molecule has 0 aliphatic heterocycles. The number of rotatable bonds is 9. The van der Waals surface area contributed by atoms with Crippen LogP contribution in [0.4, 0.5) is 0 Å². The summed E-state index contributed by atoms with van der Waals surface area (Å²) in [7, 11) is 3.51. The van der Waals surface area contributed by atoms with Crippen molar-refractivity contribution in [2.24, 2.45) is 0 Å². The summed E-state index contributed by atoms with van der Waals surface area (Å²) in [4.78, 5) is 11.5. The Morgan fingerprint density at radius 3 is 2.40 bits per heavy atom. The first-order valence-corrected chi connectivity index (χ1v) is 6.44. The maximum absolute atomic E-state index is 11.5. The van der Waals surface area contributed by atoms with Gasteiger partial charge in [0.25, 0.3) is 0 Å². The molecule has 0 spiro atoms. The van der Waals surface area contributed by atoms with Crippen molar-refractivity contribution in [3.8, 4) is 11.5 Å². The molecule has 0 aliphatic carbocycles. The Hall–Kier alpha value is -1.46. The molecule has 0 aromatic heterocycles. The van der Waals surface area contributed by atoms with Gasteiger partial charge in [0, 0.05) is 6.54 Å². The molecule has 0 heterocycles. The fraction of sp³-hybridized carbons (Fsp3) is 0.500. The molecule has 0 fully saturated rings. The Morgan fingerprint density at radius 1 is 1.15 bits per heavy atom. The van der Waals surface area contributed by atoms with Crippen LogP contribution in [0.3, 0.4) is 0 Å². The third kappa shape index (κ3) is 7.86. The first-order chi connectivity index (χ1) is 9.26. The van der Waals surface area contributed by atoms with Crippen LogP contribution in [0, 0.1) is 0 Å². The predicted octanol–water partition coefficient (Wildman–Crippen LogP) is 1.61. The van der Waals surface area contributed by atoms with E-state index >= 15 is 0 Å². The van der Waals surface area contributed by atoms with Crippen LogP contribution in [0.15, 0.2) is 24.3 Å². The summed E-state index contributed by atoms with van der Waals surface area (Å²) in [6.45, 7) is 1.98. The first-order valence-electron chi connectivity index (χ1n) is 6.44. The Morgan fingerprint density at radius 2 is 1.80 bits per heavy atom. The maximum Gasteiger partial charge on any atom is 0.223 e. The number of nitrogens with one attached hydrogen (secondary N) is 2. The van der Waals surface area contributed by atoms with Crippen LogP contribution in [0.2, 0.25) is 0 Å². The van der Waals surface area contributed by atoms with Gasteiger partial charge in [-0.3, -0.25) is 4.79 Å². The van der Waals surface area contributed by atoms with Crippen molar-refractivity contribution in [1.29, 1.82) is 0 Å². The third-order valence-electron chi connectivity index (χ3n) is 2.58. The molecule has 114 valence electrons. The molecule has 0 bridgehead atoms. The van der Waals surface area contributed by atoms with Crippen molar-refractivity contribution in [2.75, 3.05) is 33.9 Å². The van der Waals surface area contributed by atoms with Crippen molar-refractivity contribution in [3.63, 3.8) is 0 Å². The van der Waals surface area contributed by atoms with E-state index in [-0.39, 0.29) is 18.3 Å². The minimum absolute atomic E-state index is 0. The molecule has 0 saturated heterocycles. The van der Waals surface area contributed by atoms with Gasteiger partial charge in [0.1, 0.15) is 11.5 Å². The zero-order chi connectivity index (χ0) is 13.9. The molecular weight excluding hydrogens is 280 g/mol. The SMILES string of the molecule is CNCCCNC(=O)CCOc1ccc(OC)cc1.Cl. The standard InChI is InChI=1S/C14H22N2O3.ClH/c1-15-9-3-10-16-14(17)8-11-19-13-6-4-12(18-2)5-7-13;/h4-7,15H,3,8-11H2,1-2H3,(H,16,17);1H. The summed E-state index contributed by atoms with van der Waals surface area (Å²) in [5.74, 6) is 1.54. The molecule has 1 aromatic rings. The number of hydrogen-bond acceptors (Lipinski definition) is 4. The smallest absolute Gasteiger partial charge is 0.223 e. The topological polar surface area (TPSA) is 59.6 Å². The average molecular weight is 303 g/mol. The summed E-state index contributed by atoms with van der Waals surface area (Å²) in [6.07, 6.45) is 1.30. The van der Waals surface area contributed by atoms with Crippen LogP contribution >= 0.6 is 12.4 Å². The largest absolute Gasteiger partial charge is 0.497 e. The Kier molecular flexibility index (Phi) is 10.5. The van der Waals surface area contributed by atoms with Gasteiger partial charge in [-0.25, -0.2) is 0 Å². The quantitative estimate of drug-likeness (QED) is 0.681. The Labute approximate surface area is 126 Å². The van der Waals surface area contributed by atoms with Crippen molar-refractivity contribution in [1.82, 2.24) is 10.6 Å². The molecule has 20 heavy (non-hydrogen) atoms. The van der Waals surface area contributed by atoms with Crippen LogP contribution in [0.5, 0.6) is 11.5 Å². The van der Waals surface area contributed by atoms with Crippen LogP contribution in [-0.4, -0.2) is 39.8 Å². The van der Waals surface area contributed by atoms with Crippen molar-refractivity contribution < 1.29 is 14.3 Å². The van der Waals surface area contributed by atoms with Crippen molar-refractivity contribution in [2.45, 2.75) is 12.8 Å². The van der Waals surface area contributed by atoms with E-state index < -0.39 is 0 Å². The molecule has 0 aliphatic rings. The Bertz CT molecular complexity index is 371. The molecule has 0 saturated carbocycles. The minimum Gasteiger partial charge on any atom is -0.497 e. The van der Waals surface area contributed by atoms with Crippen LogP contribution < -0.4 is 20.1 Å². The minimum atomic E-state index is 0. The summed E-state index contributed by atoms with van der Waals surface area (Å²) >= 11 is 0. The van der Waals surface area contributed by atoms with Crippen LogP contribution in [0.1, 0.15) is 12.8 Å². The maximum atomic E-state index is 11.5. The number of amides is 1. The Balaban J connectivity index is 0.00000361. The van der Waals surface area contributed by atoms with Gasteiger partial charge in [-0.15, -0.1) is 12.4 Å². The second kappa shape index (κ2) is 11.4. The van der Waals surface area contributed by atoms with Gasteiger partial charge in [-0.2, -0.15) is 0 Å². The highest BCUT2D eigenvalue weighted by atomic mass is 35.5. The summed E-state index contributed by atoms with van der Waals surface area (Å²) in [6, 6.07) is 7.30. The summed E-state index contributed by atoms with van der Waals surface area (Å²) < 4.78 is 10.5. The van der Waals surface area contributed by atoms with Crippen molar-refractivity contribution >= 4 is 18.3 Å². The highest BCUT2D eigenvalue weighted by molar-refractivity contribution is 5.85. The van der Waals surface area contributed by atoms with Crippen LogP contribution in [0.25, 0.3) is 0 Å². The van der Waals surface area contributed by atoms with Gasteiger partial charge in [-0.1, -0.05) is 0 Å². The number of carbonyl (C=O) groups excluding carboxylic acids is 1. The van der Waals surface area contributed by atoms with E-state index in [0.29, 0.717) is 19.6 Å². The van der Waals surface area contributed by atoms with E-state index in [0.717, 1.165) is 24.5 Å². The van der Waals surface area contributed by atoms with Gasteiger partial charge in [-0.05, 0) is 44.3 Å². The number of halogens is 1. The predicted molar refractivity (Wildman–Crippen MR) is 81.9 cm³/mol. The average Bonchev–Trinajstić information content (AvgIpc) is 2.44. The van der Waals surface area contributed by atoms with E-state index in [1.165, 1.54) is 0 Å². The zero-order valence-electron chi connectivity index (χ0n) is 12.0. The fourth-order valence-corrected chi connectivity index (χ4v) is 1.51. The summed E-state index contributed by atoms with van der Waals surface area (Å²) in [5.41, 5.74) is 0. The number of hydrogen-bond donors (Lipinski definition) is 2. The molecule has 0 atom stereocenters. The first kappa shape index (κ1) is 18.5. The highest BCUT2D eigenvalue weighted by Gasteiger charge is 2.01. The van der Waals surface area contributed by atoms with Gasteiger partial charge < -0.3 is 20.1 Å². The lowest BCUT2D eigenvalue weighted by molar-refractivity contribution is -0.121. The highest BCUT2D eigenvalue weighted by Crippen LogP contribution is 2.16. The number of benzene rings is 1. The molecule has 5 nitrogen and oxygen atoms in total. The molecule has 0 radical (unpaired) electrons. The lowest BCUT2D eigenvalue weighted by atomic mass is 10.3. The second-order valence-electron chi connectivity index (χ2n) is 4.08. The van der Waals surface area contributed by atoms with Crippen LogP contribution in [-0.2, 0) is 4.79 Å². The lowest BCUT2D eigenvalue weighted by Crippen LogP contribution is -2.27. The van der Waals surface area contributed by atoms with E-state index in [4.69, 9.17) is 9.47 Å². The van der Waals surface area contributed by atoms with Gasteiger partial charge in [0.05, 0.1) is 20.1 Å². The molecule has 1 amide bonds. The van der Waals surface area contributed by atoms with E-state index in [1.54, 1.807) is 7.11 Å². The third-order valence-corrected chi connectivity index (χ3v) is 2.58. The number of carbonyl (C=O) groups is 1. The van der Waals surface area contributed by atoms with Crippen molar-refractivity contribution in [3.05, 3.63) is 24.3 Å². The molecular formula is C14H23ClN2O3. The number of ether oxygens (including phenoxy) is 2.